The van der Waals surface area contributed by atoms with E-state index in [2.05, 4.69) is 31.6 Å². The number of carbonyl (C=O) groups excluding carboxylic acids is 1. The highest BCUT2D eigenvalue weighted by molar-refractivity contribution is 7.23. The van der Waals surface area contributed by atoms with Crippen molar-refractivity contribution in [3.63, 3.8) is 0 Å². The molecule has 11 heteroatoms. The largest absolute Gasteiger partial charge is 0.472 e. The van der Waals surface area contributed by atoms with Crippen LogP contribution in [0.3, 0.4) is 0 Å². The maximum Gasteiger partial charge on any atom is 0.324 e. The summed E-state index contributed by atoms with van der Waals surface area (Å²) in [6.45, 7) is 7.07. The summed E-state index contributed by atoms with van der Waals surface area (Å²) in [5.74, 6) is 1.75. The average molecular weight is 544 g/mol. The Morgan fingerprint density at radius 2 is 1.97 bits per heavy atom. The molecule has 5 heterocycles. The Morgan fingerprint density at radius 3 is 2.72 bits per heavy atom. The van der Waals surface area contributed by atoms with Gasteiger partial charge in [-0.2, -0.15) is 0 Å². The molecule has 1 saturated carbocycles. The lowest BCUT2D eigenvalue weighted by atomic mass is 9.93. The van der Waals surface area contributed by atoms with Gasteiger partial charge in [-0.05, 0) is 44.0 Å². The number of benzene rings is 1. The molecule has 7 rings (SSSR count). The summed E-state index contributed by atoms with van der Waals surface area (Å²) in [5.41, 5.74) is 3.45. The van der Waals surface area contributed by atoms with Crippen LogP contribution in [0.15, 0.2) is 53.2 Å². The Balaban J connectivity index is 1.03. The maximum absolute atomic E-state index is 12.4. The van der Waals surface area contributed by atoms with Crippen LogP contribution in [-0.2, 0) is 5.41 Å². The highest BCUT2D eigenvalue weighted by Crippen LogP contribution is 2.44. The Labute approximate surface area is 228 Å². The summed E-state index contributed by atoms with van der Waals surface area (Å²) in [7, 11) is 0. The standard InChI is InChI=1S/C28H29N7O3S/c1-27(2,3)21-14-22(34-38-21)32-25(36)30-17-6-4-16(5-7-17)18-15-35-19-8-9-23(33-24(19)39-26(35)31-18)37-20-10-13-29-28(20)11-12-28/h4-9,14-15,20,29H,10-13H2,1-3H3,(H2,30,32,34,36). The van der Waals surface area contributed by atoms with Crippen molar-refractivity contribution in [1.82, 2.24) is 24.8 Å². The molecule has 1 aliphatic carbocycles. The molecule has 4 aromatic heterocycles. The molecule has 0 radical (unpaired) electrons. The molecule has 1 aliphatic heterocycles. The van der Waals surface area contributed by atoms with Crippen LogP contribution in [0.4, 0.5) is 16.3 Å². The fourth-order valence-corrected chi connectivity index (χ4v) is 6.03. The van der Waals surface area contributed by atoms with E-state index in [0.717, 1.165) is 39.5 Å². The SMILES string of the molecule is CC(C)(C)c1cc(NC(=O)Nc2ccc(-c3cn4c(n3)sc3nc(OC5CCNC56CC6)ccc34)cc2)no1. The quantitative estimate of drug-likeness (QED) is 0.256. The Kier molecular flexibility index (Phi) is 5.43. The minimum atomic E-state index is -0.391. The van der Waals surface area contributed by atoms with Gasteiger partial charge >= 0.3 is 6.03 Å². The van der Waals surface area contributed by atoms with E-state index in [9.17, 15) is 4.79 Å². The van der Waals surface area contributed by atoms with Gasteiger partial charge in [0.15, 0.2) is 10.8 Å². The summed E-state index contributed by atoms with van der Waals surface area (Å²) in [5, 5.41) is 13.0. The van der Waals surface area contributed by atoms with Gasteiger partial charge in [-0.15, -0.1) is 0 Å². The second kappa shape index (κ2) is 8.78. The summed E-state index contributed by atoms with van der Waals surface area (Å²) < 4.78 is 13.7. The van der Waals surface area contributed by atoms with Crippen LogP contribution in [0, 0.1) is 0 Å². The first-order valence-corrected chi connectivity index (χ1v) is 13.9. The van der Waals surface area contributed by atoms with Gasteiger partial charge in [-0.25, -0.2) is 14.8 Å². The molecule has 10 nitrogen and oxygen atoms in total. The number of ether oxygens (including phenoxy) is 1. The second-order valence-corrected chi connectivity index (χ2v) is 12.3. The number of pyridine rings is 1. The van der Waals surface area contributed by atoms with Gasteiger partial charge in [0.2, 0.25) is 5.88 Å². The summed E-state index contributed by atoms with van der Waals surface area (Å²) in [6, 6.07) is 12.9. The molecular weight excluding hydrogens is 514 g/mol. The van der Waals surface area contributed by atoms with Gasteiger partial charge in [0, 0.05) is 35.0 Å². The molecule has 5 aromatic rings. The molecule has 0 bridgehead atoms. The van der Waals surface area contributed by atoms with Crippen molar-refractivity contribution in [3.05, 3.63) is 54.4 Å². The maximum atomic E-state index is 12.4. The zero-order valence-electron chi connectivity index (χ0n) is 21.9. The van der Waals surface area contributed by atoms with Crippen molar-refractivity contribution in [3.8, 4) is 17.1 Å². The number of hydrogen-bond donors (Lipinski definition) is 3. The number of thiazole rings is 1. The van der Waals surface area contributed by atoms with E-state index in [4.69, 9.17) is 19.2 Å². The molecule has 39 heavy (non-hydrogen) atoms. The zero-order valence-corrected chi connectivity index (χ0v) is 22.8. The third kappa shape index (κ3) is 4.51. The molecule has 2 amide bonds. The molecule has 3 N–H and O–H groups in total. The van der Waals surface area contributed by atoms with Gasteiger partial charge in [-0.3, -0.25) is 9.72 Å². The van der Waals surface area contributed by atoms with Crippen molar-refractivity contribution in [2.75, 3.05) is 17.2 Å². The number of urea groups is 1. The summed E-state index contributed by atoms with van der Waals surface area (Å²) in [6.07, 6.45) is 5.60. The van der Waals surface area contributed by atoms with E-state index in [1.807, 2.05) is 57.3 Å². The van der Waals surface area contributed by atoms with Crippen LogP contribution >= 0.6 is 11.3 Å². The van der Waals surface area contributed by atoms with Gasteiger partial charge in [0.25, 0.3) is 0 Å². The Bertz CT molecular complexity index is 1690. The van der Waals surface area contributed by atoms with Crippen LogP contribution < -0.4 is 20.7 Å². The third-order valence-corrected chi connectivity index (χ3v) is 8.38. The average Bonchev–Trinajstić information content (AvgIpc) is 3.23. The number of hydrogen-bond acceptors (Lipinski definition) is 8. The first-order valence-electron chi connectivity index (χ1n) is 13.1. The lowest BCUT2D eigenvalue weighted by Crippen LogP contribution is -2.36. The molecule has 2 aliphatic rings. The van der Waals surface area contributed by atoms with Crippen molar-refractivity contribution in [2.24, 2.45) is 0 Å². The molecule has 1 spiro atoms. The number of aromatic nitrogens is 4. The van der Waals surface area contributed by atoms with Gasteiger partial charge in [0.1, 0.15) is 16.7 Å². The lowest BCUT2D eigenvalue weighted by molar-refractivity contribution is 0.169. The minimum Gasteiger partial charge on any atom is -0.472 e. The first-order chi connectivity index (χ1) is 18.8. The fraction of sp³-hybridized carbons (Fsp3) is 0.357. The third-order valence-electron chi connectivity index (χ3n) is 7.42. The summed E-state index contributed by atoms with van der Waals surface area (Å²) >= 11 is 1.55. The number of fused-ring (bicyclic) bond motifs is 3. The highest BCUT2D eigenvalue weighted by Gasteiger charge is 2.53. The fourth-order valence-electron chi connectivity index (χ4n) is 5.06. The number of carbonyl (C=O) groups is 1. The molecule has 1 aromatic carbocycles. The first kappa shape index (κ1) is 24.1. The molecule has 2 fully saturated rings. The monoisotopic (exact) mass is 543 g/mol. The van der Waals surface area contributed by atoms with Crippen LogP contribution in [0.5, 0.6) is 5.88 Å². The van der Waals surface area contributed by atoms with E-state index in [-0.39, 0.29) is 17.1 Å². The zero-order chi connectivity index (χ0) is 26.8. The van der Waals surface area contributed by atoms with Crippen molar-refractivity contribution in [1.29, 1.82) is 0 Å². The van der Waals surface area contributed by atoms with E-state index >= 15 is 0 Å². The van der Waals surface area contributed by atoms with E-state index < -0.39 is 6.03 Å². The number of nitrogens with one attached hydrogen (secondary N) is 3. The molecule has 1 saturated heterocycles. The van der Waals surface area contributed by atoms with Crippen LogP contribution in [0.25, 0.3) is 26.6 Å². The minimum absolute atomic E-state index is 0.178. The van der Waals surface area contributed by atoms with Crippen molar-refractivity contribution in [2.45, 2.75) is 57.1 Å². The van der Waals surface area contributed by atoms with Gasteiger partial charge in [0.05, 0.1) is 16.7 Å². The van der Waals surface area contributed by atoms with Crippen molar-refractivity contribution >= 4 is 44.2 Å². The normalized spacial score (nSPS) is 18.2. The number of rotatable bonds is 5. The second-order valence-electron chi connectivity index (χ2n) is 11.3. The predicted molar refractivity (Wildman–Crippen MR) is 151 cm³/mol. The van der Waals surface area contributed by atoms with Crippen molar-refractivity contribution < 1.29 is 14.1 Å². The van der Waals surface area contributed by atoms with Crippen LogP contribution in [-0.4, -0.2) is 43.7 Å². The number of nitrogens with zero attached hydrogens (tertiary/aromatic N) is 4. The molecule has 1 unspecified atom stereocenters. The smallest absolute Gasteiger partial charge is 0.324 e. The van der Waals surface area contributed by atoms with Gasteiger partial charge < -0.3 is 19.9 Å². The number of amides is 2. The van der Waals surface area contributed by atoms with Gasteiger partial charge in [-0.1, -0.05) is 49.4 Å². The Hall–Kier alpha value is -3.96. The van der Waals surface area contributed by atoms with Crippen LogP contribution in [0.1, 0.15) is 45.8 Å². The Morgan fingerprint density at radius 1 is 1.15 bits per heavy atom. The van der Waals surface area contributed by atoms with E-state index in [0.29, 0.717) is 23.1 Å². The number of imidazole rings is 1. The summed E-state index contributed by atoms with van der Waals surface area (Å²) in [4.78, 5) is 23.8. The molecule has 200 valence electrons. The number of anilines is 2. The molecular formula is C28H29N7O3S. The molecule has 1 atom stereocenters. The van der Waals surface area contributed by atoms with Crippen LogP contribution in [0.2, 0.25) is 0 Å². The van der Waals surface area contributed by atoms with E-state index in [1.165, 1.54) is 12.8 Å². The predicted octanol–water partition coefficient (Wildman–Crippen LogP) is 5.81. The van der Waals surface area contributed by atoms with E-state index in [1.54, 1.807) is 17.4 Å². The highest BCUT2D eigenvalue weighted by atomic mass is 32.1. The topological polar surface area (TPSA) is 119 Å². The lowest BCUT2D eigenvalue weighted by Gasteiger charge is -2.19.